The maximum absolute atomic E-state index is 12.1. The number of sulfonamides is 1. The van der Waals surface area contributed by atoms with Gasteiger partial charge in [-0.3, -0.25) is 8.80 Å². The third-order valence-electron chi connectivity index (χ3n) is 8.86. The standard InChI is InChI=1S/C15H18N6O2S.C12H14N6/c22-24(23,11-3-4-11)20-10-2-1-9(7-10)15-19-18-13-8-17-14-12(21(13)15)5-6-16-14;13-8-2-1-7(5-8)12-17-16-10-6-15-11-9(18(10)12)3-4-14-11/h5-6,8-11,16,20H,1-4,7H2;3-4,6-8,14H,1-2,5,13H2/t9-,10+;7-,8+/m11/s1. The third-order valence-corrected chi connectivity index (χ3v) is 10.9. The lowest BCUT2D eigenvalue weighted by atomic mass is 10.1. The van der Waals surface area contributed by atoms with Gasteiger partial charge in [-0.1, -0.05) is 0 Å². The van der Waals surface area contributed by atoms with Gasteiger partial charge in [0, 0.05) is 36.3 Å². The van der Waals surface area contributed by atoms with Gasteiger partial charge in [0.05, 0.1) is 28.7 Å². The Morgan fingerprint density at radius 2 is 1.33 bits per heavy atom. The summed E-state index contributed by atoms with van der Waals surface area (Å²) in [4.78, 5) is 14.9. The molecule has 3 saturated carbocycles. The molecule has 4 atom stereocenters. The van der Waals surface area contributed by atoms with Gasteiger partial charge in [-0.25, -0.2) is 23.1 Å². The van der Waals surface area contributed by atoms with Gasteiger partial charge in [-0.15, -0.1) is 20.4 Å². The zero-order valence-electron chi connectivity index (χ0n) is 22.9. The number of H-pyrrole nitrogens is 2. The first-order valence-corrected chi connectivity index (χ1v) is 16.1. The lowest BCUT2D eigenvalue weighted by Crippen LogP contribution is -2.35. The van der Waals surface area contributed by atoms with E-state index in [2.05, 4.69) is 49.5 Å². The molecule has 42 heavy (non-hydrogen) atoms. The fourth-order valence-electron chi connectivity index (χ4n) is 6.61. The monoisotopic (exact) mass is 588 g/mol. The molecule has 6 aromatic rings. The summed E-state index contributed by atoms with van der Waals surface area (Å²) in [6, 6.07) is 4.27. The number of nitrogens with two attached hydrogens (primary N) is 1. The number of rotatable bonds is 5. The molecule has 0 spiro atoms. The maximum Gasteiger partial charge on any atom is 0.214 e. The van der Waals surface area contributed by atoms with Crippen LogP contribution in [0.4, 0.5) is 0 Å². The van der Waals surface area contributed by atoms with Crippen LogP contribution >= 0.6 is 0 Å². The molecule has 218 valence electrons. The first kappa shape index (κ1) is 25.7. The molecular formula is C27H32N12O2S. The van der Waals surface area contributed by atoms with E-state index in [1.54, 1.807) is 12.4 Å². The summed E-state index contributed by atoms with van der Waals surface area (Å²) in [7, 11) is -3.14. The van der Waals surface area contributed by atoms with Gasteiger partial charge >= 0.3 is 0 Å². The zero-order chi connectivity index (χ0) is 28.4. The van der Waals surface area contributed by atoms with Crippen molar-refractivity contribution in [3.05, 3.63) is 48.6 Å². The highest BCUT2D eigenvalue weighted by Crippen LogP contribution is 2.37. The first-order valence-electron chi connectivity index (χ1n) is 14.6. The summed E-state index contributed by atoms with van der Waals surface area (Å²) < 4.78 is 31.3. The van der Waals surface area contributed by atoms with Crippen LogP contribution in [0.15, 0.2) is 36.9 Å². The number of fused-ring (bicyclic) bond motifs is 6. The van der Waals surface area contributed by atoms with E-state index in [0.717, 1.165) is 96.6 Å². The molecule has 15 heteroatoms. The Morgan fingerprint density at radius 1 is 0.762 bits per heavy atom. The van der Waals surface area contributed by atoms with Gasteiger partial charge in [0.2, 0.25) is 10.0 Å². The van der Waals surface area contributed by atoms with Crippen molar-refractivity contribution in [1.29, 1.82) is 0 Å². The number of hydrogen-bond donors (Lipinski definition) is 4. The largest absolute Gasteiger partial charge is 0.345 e. The Balaban J connectivity index is 0.000000132. The Labute approximate surface area is 240 Å². The summed E-state index contributed by atoms with van der Waals surface area (Å²) >= 11 is 0. The molecule has 0 radical (unpaired) electrons. The van der Waals surface area contributed by atoms with Crippen LogP contribution in [0.25, 0.3) is 33.6 Å². The second kappa shape index (κ2) is 9.81. The molecule has 3 aliphatic carbocycles. The molecule has 3 fully saturated rings. The van der Waals surface area contributed by atoms with Crippen LogP contribution in [0, 0.1) is 0 Å². The number of nitrogens with one attached hydrogen (secondary N) is 3. The van der Waals surface area contributed by atoms with E-state index in [-0.39, 0.29) is 17.2 Å². The van der Waals surface area contributed by atoms with Crippen LogP contribution in [0.3, 0.4) is 0 Å². The van der Waals surface area contributed by atoms with E-state index in [1.807, 2.05) is 28.9 Å². The van der Waals surface area contributed by atoms with Crippen molar-refractivity contribution >= 4 is 43.6 Å². The van der Waals surface area contributed by atoms with E-state index in [1.165, 1.54) is 0 Å². The molecule has 14 nitrogen and oxygen atoms in total. The van der Waals surface area contributed by atoms with Crippen molar-refractivity contribution in [2.45, 2.75) is 80.5 Å². The minimum absolute atomic E-state index is 0.00324. The SMILES string of the molecule is N[C@H]1CC[C@@H](c2nnc3cnc4[nH]ccc4n23)C1.O=S(=O)(N[C@H]1CC[C@@H](c2nnc3cnc4[nH]ccc4n23)C1)C1CC1. The van der Waals surface area contributed by atoms with Crippen LogP contribution in [0.1, 0.15) is 74.9 Å². The van der Waals surface area contributed by atoms with E-state index in [4.69, 9.17) is 5.73 Å². The van der Waals surface area contributed by atoms with Crippen LogP contribution < -0.4 is 10.5 Å². The van der Waals surface area contributed by atoms with E-state index < -0.39 is 10.0 Å². The van der Waals surface area contributed by atoms with Crippen molar-refractivity contribution in [1.82, 2.24) is 53.9 Å². The second-order valence-electron chi connectivity index (χ2n) is 11.8. The average molecular weight is 589 g/mol. The second-order valence-corrected chi connectivity index (χ2v) is 13.8. The fraction of sp³-hybridized carbons (Fsp3) is 0.481. The van der Waals surface area contributed by atoms with Crippen LogP contribution in [-0.2, 0) is 10.0 Å². The van der Waals surface area contributed by atoms with Gasteiger partial charge in [-0.2, -0.15) is 0 Å². The van der Waals surface area contributed by atoms with Crippen molar-refractivity contribution < 1.29 is 8.42 Å². The van der Waals surface area contributed by atoms with Gasteiger partial charge in [0.25, 0.3) is 0 Å². The Bertz CT molecular complexity index is 2020. The third kappa shape index (κ3) is 4.42. The van der Waals surface area contributed by atoms with Gasteiger partial charge in [0.15, 0.2) is 22.6 Å². The predicted molar refractivity (Wildman–Crippen MR) is 155 cm³/mol. The van der Waals surface area contributed by atoms with E-state index in [0.29, 0.717) is 12.0 Å². The zero-order valence-corrected chi connectivity index (χ0v) is 23.7. The molecule has 9 rings (SSSR count). The smallest absolute Gasteiger partial charge is 0.214 e. The molecule has 6 aromatic heterocycles. The molecule has 0 saturated heterocycles. The lowest BCUT2D eigenvalue weighted by molar-refractivity contribution is 0.545. The molecule has 5 N–H and O–H groups in total. The Morgan fingerprint density at radius 3 is 1.88 bits per heavy atom. The number of aromatic amines is 2. The summed E-state index contributed by atoms with van der Waals surface area (Å²) in [6.45, 7) is 0. The van der Waals surface area contributed by atoms with Crippen molar-refractivity contribution in [2.75, 3.05) is 0 Å². The molecule has 0 amide bonds. The molecule has 0 aromatic carbocycles. The quantitative estimate of drug-likeness (QED) is 0.234. The number of aromatic nitrogens is 10. The molecule has 6 heterocycles. The molecule has 0 aliphatic heterocycles. The topological polar surface area (TPSA) is 190 Å². The Kier molecular flexibility index (Phi) is 6.01. The lowest BCUT2D eigenvalue weighted by Gasteiger charge is -2.13. The Hall–Kier alpha value is -3.95. The van der Waals surface area contributed by atoms with Crippen LogP contribution in [-0.4, -0.2) is 74.9 Å². The van der Waals surface area contributed by atoms with Crippen LogP contribution in [0.5, 0.6) is 0 Å². The van der Waals surface area contributed by atoms with Crippen molar-refractivity contribution in [3.63, 3.8) is 0 Å². The van der Waals surface area contributed by atoms with Crippen molar-refractivity contribution in [2.24, 2.45) is 5.73 Å². The number of hydrogen-bond acceptors (Lipinski definition) is 9. The molecule has 0 bridgehead atoms. The average Bonchev–Trinajstić information content (AvgIpc) is 3.60. The van der Waals surface area contributed by atoms with Crippen molar-refractivity contribution in [3.8, 4) is 0 Å². The normalized spacial score (nSPS) is 24.7. The summed E-state index contributed by atoms with van der Waals surface area (Å²) in [6.07, 6.45) is 14.5. The molecule has 3 aliphatic rings. The summed E-state index contributed by atoms with van der Waals surface area (Å²) in [5.74, 6) is 2.53. The summed E-state index contributed by atoms with van der Waals surface area (Å²) in [5.41, 5.74) is 11.2. The highest BCUT2D eigenvalue weighted by molar-refractivity contribution is 7.90. The summed E-state index contributed by atoms with van der Waals surface area (Å²) in [5, 5.41) is 17.0. The van der Waals surface area contributed by atoms with E-state index >= 15 is 0 Å². The van der Waals surface area contributed by atoms with Crippen LogP contribution in [0.2, 0.25) is 0 Å². The maximum atomic E-state index is 12.1. The molecular weight excluding hydrogens is 556 g/mol. The first-order chi connectivity index (χ1) is 20.4. The minimum atomic E-state index is -3.14. The minimum Gasteiger partial charge on any atom is -0.345 e. The number of nitrogens with zero attached hydrogens (tertiary/aromatic N) is 8. The highest BCUT2D eigenvalue weighted by Gasteiger charge is 2.39. The predicted octanol–water partition coefficient (Wildman–Crippen LogP) is 2.52. The van der Waals surface area contributed by atoms with Gasteiger partial charge in [0.1, 0.15) is 11.6 Å². The van der Waals surface area contributed by atoms with Gasteiger partial charge < -0.3 is 15.7 Å². The fourth-order valence-corrected chi connectivity index (χ4v) is 8.23. The van der Waals surface area contributed by atoms with Gasteiger partial charge in [-0.05, 0) is 63.5 Å². The molecule has 0 unspecified atom stereocenters. The highest BCUT2D eigenvalue weighted by atomic mass is 32.2. The van der Waals surface area contributed by atoms with E-state index in [9.17, 15) is 8.42 Å².